The Kier molecular flexibility index (Phi) is 4.00. The summed E-state index contributed by atoms with van der Waals surface area (Å²) < 4.78 is 14.0. The molecule has 122 valence electrons. The van der Waals surface area contributed by atoms with Crippen molar-refractivity contribution in [2.24, 2.45) is 0 Å². The van der Waals surface area contributed by atoms with Crippen LogP contribution in [0.5, 0.6) is 0 Å². The molecule has 0 aliphatic carbocycles. The number of pyridine rings is 1. The van der Waals surface area contributed by atoms with Gasteiger partial charge in [0.2, 0.25) is 0 Å². The van der Waals surface area contributed by atoms with Gasteiger partial charge >= 0.3 is 0 Å². The first kappa shape index (κ1) is 15.2. The summed E-state index contributed by atoms with van der Waals surface area (Å²) >= 11 is 0. The Labute approximate surface area is 140 Å². The summed E-state index contributed by atoms with van der Waals surface area (Å²) in [6.07, 6.45) is 2.67. The van der Waals surface area contributed by atoms with Crippen LogP contribution in [0.25, 0.3) is 10.9 Å². The van der Waals surface area contributed by atoms with Crippen molar-refractivity contribution in [2.45, 2.75) is 19.0 Å². The molecule has 1 aliphatic heterocycles. The van der Waals surface area contributed by atoms with Gasteiger partial charge in [0.25, 0.3) is 0 Å². The zero-order chi connectivity index (χ0) is 16.5. The second-order valence-corrected chi connectivity index (χ2v) is 6.26. The van der Waals surface area contributed by atoms with Crippen LogP contribution in [0.15, 0.2) is 54.7 Å². The van der Waals surface area contributed by atoms with Crippen molar-refractivity contribution in [1.82, 2.24) is 9.88 Å². The smallest absolute Gasteiger partial charge is 0.124 e. The van der Waals surface area contributed by atoms with Crippen LogP contribution < -0.4 is 0 Å². The lowest BCUT2D eigenvalue weighted by Gasteiger charge is -2.36. The standard InChI is InChI=1S/C20H19FN2O/c21-17-10-15-5-3-8-22-20(15)16(11-17)12-23-9-7-14-4-1-2-6-18(14)19(23)13-24/h1-6,8,10-11,19,24H,7,9,12-13H2. The van der Waals surface area contributed by atoms with Gasteiger partial charge in [-0.05, 0) is 41.3 Å². The number of aliphatic hydroxyl groups excluding tert-OH is 1. The predicted molar refractivity (Wildman–Crippen MR) is 92.1 cm³/mol. The van der Waals surface area contributed by atoms with Crippen LogP contribution >= 0.6 is 0 Å². The van der Waals surface area contributed by atoms with Crippen molar-refractivity contribution in [1.29, 1.82) is 0 Å². The van der Waals surface area contributed by atoms with E-state index < -0.39 is 0 Å². The summed E-state index contributed by atoms with van der Waals surface area (Å²) in [4.78, 5) is 6.64. The molecule has 2 heterocycles. The Morgan fingerprint density at radius 2 is 2.04 bits per heavy atom. The van der Waals surface area contributed by atoms with E-state index in [1.807, 2.05) is 24.3 Å². The van der Waals surface area contributed by atoms with Gasteiger partial charge in [0.15, 0.2) is 0 Å². The van der Waals surface area contributed by atoms with Crippen molar-refractivity contribution < 1.29 is 9.50 Å². The first-order chi connectivity index (χ1) is 11.8. The second-order valence-electron chi connectivity index (χ2n) is 6.26. The van der Waals surface area contributed by atoms with E-state index >= 15 is 0 Å². The van der Waals surface area contributed by atoms with E-state index in [2.05, 4.69) is 22.0 Å². The topological polar surface area (TPSA) is 36.4 Å². The number of benzene rings is 2. The molecule has 0 saturated carbocycles. The predicted octanol–water partition coefficient (Wildman–Crippen LogP) is 3.47. The fourth-order valence-electron chi connectivity index (χ4n) is 3.67. The third-order valence-corrected chi connectivity index (χ3v) is 4.82. The van der Waals surface area contributed by atoms with Gasteiger partial charge in [-0.15, -0.1) is 0 Å². The van der Waals surface area contributed by atoms with Crippen LogP contribution in [-0.4, -0.2) is 28.1 Å². The molecule has 0 amide bonds. The summed E-state index contributed by atoms with van der Waals surface area (Å²) in [7, 11) is 0. The number of halogens is 1. The van der Waals surface area contributed by atoms with E-state index in [0.29, 0.717) is 6.54 Å². The highest BCUT2D eigenvalue weighted by atomic mass is 19.1. The van der Waals surface area contributed by atoms with E-state index in [1.54, 1.807) is 12.3 Å². The van der Waals surface area contributed by atoms with Crippen molar-refractivity contribution in [3.8, 4) is 0 Å². The monoisotopic (exact) mass is 322 g/mol. The maximum absolute atomic E-state index is 14.0. The molecule has 0 radical (unpaired) electrons. The van der Waals surface area contributed by atoms with Gasteiger partial charge in [0, 0.05) is 24.7 Å². The fourth-order valence-corrected chi connectivity index (χ4v) is 3.67. The molecule has 0 spiro atoms. The highest BCUT2D eigenvalue weighted by Gasteiger charge is 2.27. The first-order valence-electron chi connectivity index (χ1n) is 8.22. The Hall–Kier alpha value is -2.30. The molecule has 1 aliphatic rings. The zero-order valence-corrected chi connectivity index (χ0v) is 13.3. The van der Waals surface area contributed by atoms with Crippen molar-refractivity contribution in [3.05, 3.63) is 77.2 Å². The third kappa shape index (κ3) is 2.68. The Morgan fingerprint density at radius 3 is 2.92 bits per heavy atom. The summed E-state index contributed by atoms with van der Waals surface area (Å²) in [6.45, 7) is 1.47. The number of aromatic nitrogens is 1. The second kappa shape index (κ2) is 6.30. The largest absolute Gasteiger partial charge is 0.394 e. The number of fused-ring (bicyclic) bond motifs is 2. The van der Waals surface area contributed by atoms with E-state index in [0.717, 1.165) is 29.4 Å². The van der Waals surface area contributed by atoms with Crippen LogP contribution in [0.2, 0.25) is 0 Å². The first-order valence-corrected chi connectivity index (χ1v) is 8.22. The number of nitrogens with zero attached hydrogens (tertiary/aromatic N) is 2. The van der Waals surface area contributed by atoms with Gasteiger partial charge in [-0.25, -0.2) is 4.39 Å². The van der Waals surface area contributed by atoms with Crippen molar-refractivity contribution >= 4 is 10.9 Å². The zero-order valence-electron chi connectivity index (χ0n) is 13.3. The maximum Gasteiger partial charge on any atom is 0.124 e. The van der Waals surface area contributed by atoms with Gasteiger partial charge in [-0.2, -0.15) is 0 Å². The van der Waals surface area contributed by atoms with E-state index in [-0.39, 0.29) is 18.5 Å². The van der Waals surface area contributed by atoms with Crippen LogP contribution in [-0.2, 0) is 13.0 Å². The molecule has 0 bridgehead atoms. The van der Waals surface area contributed by atoms with E-state index in [4.69, 9.17) is 0 Å². The molecule has 3 nitrogen and oxygen atoms in total. The van der Waals surface area contributed by atoms with Crippen LogP contribution in [0.4, 0.5) is 4.39 Å². The molecule has 1 unspecified atom stereocenters. The van der Waals surface area contributed by atoms with Crippen LogP contribution in [0, 0.1) is 5.82 Å². The molecule has 3 aromatic rings. The number of rotatable bonds is 3. The Morgan fingerprint density at radius 1 is 1.17 bits per heavy atom. The van der Waals surface area contributed by atoms with E-state index in [9.17, 15) is 9.50 Å². The lowest BCUT2D eigenvalue weighted by Crippen LogP contribution is -2.37. The van der Waals surface area contributed by atoms with Crippen molar-refractivity contribution in [2.75, 3.05) is 13.2 Å². The molecule has 0 fully saturated rings. The molecular weight excluding hydrogens is 303 g/mol. The van der Waals surface area contributed by atoms with Gasteiger partial charge < -0.3 is 5.11 Å². The summed E-state index contributed by atoms with van der Waals surface area (Å²) in [5.41, 5.74) is 4.15. The SMILES string of the molecule is OCC1c2ccccc2CCN1Cc1cc(F)cc2cccnc12. The van der Waals surface area contributed by atoms with Crippen LogP contribution in [0.3, 0.4) is 0 Å². The molecule has 2 aromatic carbocycles. The van der Waals surface area contributed by atoms with Gasteiger partial charge in [-0.1, -0.05) is 30.3 Å². The highest BCUT2D eigenvalue weighted by Crippen LogP contribution is 2.31. The normalized spacial score (nSPS) is 17.8. The summed E-state index contributed by atoms with van der Waals surface area (Å²) in [6, 6.07) is 14.9. The number of hydrogen-bond acceptors (Lipinski definition) is 3. The van der Waals surface area contributed by atoms with Gasteiger partial charge in [0.05, 0.1) is 18.2 Å². The average molecular weight is 322 g/mol. The molecule has 0 saturated heterocycles. The minimum absolute atomic E-state index is 0.0533. The molecule has 1 N–H and O–H groups in total. The molecular formula is C20H19FN2O. The Balaban J connectivity index is 1.71. The van der Waals surface area contributed by atoms with Crippen molar-refractivity contribution in [3.63, 3.8) is 0 Å². The molecule has 1 atom stereocenters. The fraction of sp³-hybridized carbons (Fsp3) is 0.250. The van der Waals surface area contributed by atoms with E-state index in [1.165, 1.54) is 17.2 Å². The minimum Gasteiger partial charge on any atom is -0.394 e. The summed E-state index contributed by atoms with van der Waals surface area (Å²) in [5.74, 6) is -0.247. The lowest BCUT2D eigenvalue weighted by atomic mass is 9.92. The van der Waals surface area contributed by atoms with Gasteiger partial charge in [-0.3, -0.25) is 9.88 Å². The quantitative estimate of drug-likeness (QED) is 0.802. The van der Waals surface area contributed by atoms with Gasteiger partial charge in [0.1, 0.15) is 5.82 Å². The molecule has 4 heteroatoms. The molecule has 24 heavy (non-hydrogen) atoms. The average Bonchev–Trinajstić information content (AvgIpc) is 2.61. The molecule has 4 rings (SSSR count). The maximum atomic E-state index is 14.0. The minimum atomic E-state index is -0.247. The highest BCUT2D eigenvalue weighted by molar-refractivity contribution is 5.81. The number of hydrogen-bond donors (Lipinski definition) is 1. The Bertz CT molecular complexity index is 880. The lowest BCUT2D eigenvalue weighted by molar-refractivity contribution is 0.108. The third-order valence-electron chi connectivity index (χ3n) is 4.82. The number of aliphatic hydroxyl groups is 1. The summed E-state index contributed by atoms with van der Waals surface area (Å²) in [5, 5.41) is 10.7. The van der Waals surface area contributed by atoms with Crippen LogP contribution in [0.1, 0.15) is 22.7 Å². The molecule has 1 aromatic heterocycles.